The third kappa shape index (κ3) is 5.68. The number of hydrogen-bond acceptors (Lipinski definition) is 2. The molecule has 0 unspecified atom stereocenters. The molecule has 0 bridgehead atoms. The Balaban J connectivity index is 6.91. The summed E-state index contributed by atoms with van der Waals surface area (Å²) in [5.41, 5.74) is 0. The molecule has 0 saturated heterocycles. The van der Waals surface area contributed by atoms with Crippen molar-refractivity contribution in [3.05, 3.63) is 0 Å². The van der Waals surface area contributed by atoms with Crippen molar-refractivity contribution in [1.82, 2.24) is 4.31 Å². The molecule has 0 atom stereocenters. The van der Waals surface area contributed by atoms with Crippen molar-refractivity contribution >= 4 is 10.3 Å². The Labute approximate surface area is 196 Å². The highest BCUT2D eigenvalue weighted by Gasteiger charge is 2.95. The van der Waals surface area contributed by atoms with Gasteiger partial charge in [0.25, 0.3) is 0 Å². The maximum atomic E-state index is 14.2. The Hall–Kier alpha value is -1.36. The Morgan fingerprint density at radius 2 is 0.892 bits per heavy atom. The Morgan fingerprint density at radius 1 is 0.595 bits per heavy atom. The topological polar surface area (TPSA) is 57.6 Å². The summed E-state index contributed by atoms with van der Waals surface area (Å²) in [4.78, 5) is 0. The first-order valence-electron chi connectivity index (χ1n) is 8.86. The normalized spacial score (nSPS) is 16.5. The molecule has 0 spiro atoms. The van der Waals surface area contributed by atoms with Crippen LogP contribution in [0, 0.1) is 0 Å². The fourth-order valence-corrected chi connectivity index (χ4v) is 3.17. The van der Waals surface area contributed by atoms with E-state index in [0.717, 1.165) is 0 Å². The maximum Gasteiger partial charge on any atom is 0.460 e. The summed E-state index contributed by atoms with van der Waals surface area (Å²) in [5.74, 6) is -51.6. The minimum absolute atomic E-state index is 0.301. The van der Waals surface area contributed by atoms with Gasteiger partial charge in [-0.05, 0) is 0 Å². The number of quaternary nitrogens is 1. The maximum absolute atomic E-state index is 14.2. The van der Waals surface area contributed by atoms with Gasteiger partial charge in [-0.25, -0.2) is 0 Å². The van der Waals surface area contributed by atoms with E-state index in [1.54, 1.807) is 0 Å². The van der Waals surface area contributed by atoms with E-state index in [4.69, 9.17) is 4.55 Å². The molecule has 37 heavy (non-hydrogen) atoms. The fraction of sp³-hybridized carbons (Fsp3) is 1.00. The van der Waals surface area contributed by atoms with Gasteiger partial charge < -0.3 is 4.48 Å². The summed E-state index contributed by atoms with van der Waals surface area (Å²) >= 11 is 0. The zero-order chi connectivity index (χ0) is 30.7. The van der Waals surface area contributed by atoms with E-state index >= 15 is 0 Å². The van der Waals surface area contributed by atoms with Crippen LogP contribution in [0.15, 0.2) is 0 Å². The summed E-state index contributed by atoms with van der Waals surface area (Å²) in [6.07, 6.45) is -8.95. The first-order valence-corrected chi connectivity index (χ1v) is 10.3. The average molecular weight is 615 g/mol. The molecule has 0 saturated carbocycles. The highest BCUT2D eigenvalue weighted by atomic mass is 32.2. The second kappa shape index (κ2) is 9.38. The van der Waals surface area contributed by atoms with Crippen molar-refractivity contribution in [3.8, 4) is 0 Å². The lowest BCUT2D eigenvalue weighted by Gasteiger charge is -2.44. The monoisotopic (exact) mass is 615 g/mol. The molecule has 0 aliphatic carbocycles. The van der Waals surface area contributed by atoms with Gasteiger partial charge in [0.1, 0.15) is 0 Å². The molecule has 0 aliphatic rings. The van der Waals surface area contributed by atoms with Crippen LogP contribution in [0.2, 0.25) is 0 Å². The van der Waals surface area contributed by atoms with Crippen LogP contribution in [-0.4, -0.2) is 104 Å². The van der Waals surface area contributed by atoms with E-state index in [0.29, 0.717) is 0 Å². The second-order valence-electron chi connectivity index (χ2n) is 8.40. The number of halogens is 17. The lowest BCUT2D eigenvalue weighted by atomic mass is 9.90. The van der Waals surface area contributed by atoms with Crippen LogP contribution >= 0.6 is 0 Å². The smallest absolute Gasteiger partial charge is 0.331 e. The molecular weight excluding hydrogens is 599 g/mol. The van der Waals surface area contributed by atoms with Crippen molar-refractivity contribution in [2.45, 2.75) is 54.2 Å². The van der Waals surface area contributed by atoms with Gasteiger partial charge in [0, 0.05) is 13.0 Å². The summed E-state index contributed by atoms with van der Waals surface area (Å²) in [7, 11) is -3.08. The standard InChI is InChI=1S/C14H15F17N2O3S/c1-33(2,3)6-4-5-32(37(34,35)36)14(30,31)12(25,26)10(21,22)8(17,18)7(15,16)9(19,20)11(23,24)13(27,28)29/h4-6H2,1-3H3/p+1. The molecule has 1 N–H and O–H groups in total. The van der Waals surface area contributed by atoms with Gasteiger partial charge in [-0.3, -0.25) is 4.55 Å². The summed E-state index contributed by atoms with van der Waals surface area (Å²) in [6, 6.07) is -7.39. The zero-order valence-electron chi connectivity index (χ0n) is 18.1. The van der Waals surface area contributed by atoms with Gasteiger partial charge in [-0.2, -0.15) is 83.1 Å². The minimum Gasteiger partial charge on any atom is -0.331 e. The molecule has 5 nitrogen and oxygen atoms in total. The third-order valence-electron chi connectivity index (χ3n) is 4.49. The summed E-state index contributed by atoms with van der Waals surface area (Å²) in [5, 5.41) is 0. The second-order valence-corrected chi connectivity index (χ2v) is 9.74. The first kappa shape index (κ1) is 35.6. The van der Waals surface area contributed by atoms with Crippen LogP contribution in [0.4, 0.5) is 74.6 Å². The van der Waals surface area contributed by atoms with Crippen LogP contribution in [0.1, 0.15) is 6.42 Å². The Bertz CT molecular complexity index is 925. The first-order chi connectivity index (χ1) is 15.6. The molecule has 0 heterocycles. The minimum atomic E-state index is -8.85. The van der Waals surface area contributed by atoms with Crippen LogP contribution in [0.5, 0.6) is 0 Å². The molecule has 0 rings (SSSR count). The predicted octanol–water partition coefficient (Wildman–Crippen LogP) is 5.15. The van der Waals surface area contributed by atoms with Crippen molar-refractivity contribution in [2.24, 2.45) is 0 Å². The molecule has 224 valence electrons. The van der Waals surface area contributed by atoms with Gasteiger partial charge in [0.15, 0.2) is 0 Å². The number of nitrogens with zero attached hydrogens (tertiary/aromatic N) is 2. The van der Waals surface area contributed by atoms with Gasteiger partial charge in [0.2, 0.25) is 0 Å². The summed E-state index contributed by atoms with van der Waals surface area (Å²) in [6.45, 7) is -2.63. The fourth-order valence-electron chi connectivity index (χ4n) is 2.40. The van der Waals surface area contributed by atoms with Gasteiger partial charge in [0.05, 0.1) is 27.7 Å². The highest BCUT2D eigenvalue weighted by Crippen LogP contribution is 2.64. The van der Waals surface area contributed by atoms with Crippen molar-refractivity contribution < 1.29 is 92.1 Å². The molecule has 0 amide bonds. The van der Waals surface area contributed by atoms with Crippen molar-refractivity contribution in [2.75, 3.05) is 34.2 Å². The Kier molecular flexibility index (Phi) is 9.04. The average Bonchev–Trinajstić information content (AvgIpc) is 2.61. The number of alkyl halides is 17. The summed E-state index contributed by atoms with van der Waals surface area (Å²) < 4.78 is 255. The van der Waals surface area contributed by atoms with Crippen molar-refractivity contribution in [3.63, 3.8) is 0 Å². The van der Waals surface area contributed by atoms with Gasteiger partial charge in [-0.15, -0.1) is 4.31 Å². The highest BCUT2D eigenvalue weighted by molar-refractivity contribution is 7.83. The van der Waals surface area contributed by atoms with Gasteiger partial charge in [-0.1, -0.05) is 0 Å². The molecule has 0 fully saturated rings. The molecule has 0 aromatic carbocycles. The largest absolute Gasteiger partial charge is 0.460 e. The zero-order valence-corrected chi connectivity index (χ0v) is 18.9. The van der Waals surface area contributed by atoms with E-state index < -0.39 is 81.9 Å². The van der Waals surface area contributed by atoms with Gasteiger partial charge >= 0.3 is 58.1 Å². The van der Waals surface area contributed by atoms with E-state index in [9.17, 15) is 83.1 Å². The lowest BCUT2D eigenvalue weighted by Crippen LogP contribution is -2.76. The van der Waals surface area contributed by atoms with Crippen LogP contribution in [0.3, 0.4) is 0 Å². The quantitative estimate of drug-likeness (QED) is 0.143. The molecule has 0 aromatic heterocycles. The van der Waals surface area contributed by atoms with Crippen LogP contribution < -0.4 is 0 Å². The predicted molar refractivity (Wildman–Crippen MR) is 86.5 cm³/mol. The Morgan fingerprint density at radius 3 is 1.16 bits per heavy atom. The van der Waals surface area contributed by atoms with E-state index in [1.807, 2.05) is 0 Å². The van der Waals surface area contributed by atoms with Crippen molar-refractivity contribution in [1.29, 1.82) is 0 Å². The number of hydrogen-bond donors (Lipinski definition) is 1. The molecular formula is C14H16F17N2O3S+. The molecule has 23 heteroatoms. The third-order valence-corrected chi connectivity index (χ3v) is 5.46. The SMILES string of the molecule is C[N+](C)(C)CCCN(C(F)(F)C(F)(F)C(F)(F)C(F)(F)C(F)(F)C(F)(F)C(F)(F)C(F)(F)F)S(=O)(=O)O. The number of rotatable bonds is 12. The van der Waals surface area contributed by atoms with Crippen LogP contribution in [0.25, 0.3) is 0 Å². The van der Waals surface area contributed by atoms with E-state index in [2.05, 4.69) is 0 Å². The van der Waals surface area contributed by atoms with E-state index in [1.165, 1.54) is 21.1 Å². The van der Waals surface area contributed by atoms with Crippen LogP contribution in [-0.2, 0) is 10.3 Å². The molecule has 0 radical (unpaired) electrons. The lowest BCUT2D eigenvalue weighted by molar-refractivity contribution is -0.870. The van der Waals surface area contributed by atoms with E-state index in [-0.39, 0.29) is 4.48 Å². The molecule has 0 aliphatic heterocycles. The molecule has 0 aromatic rings.